The number of carbonyl (C=O) groups is 1. The van der Waals surface area contributed by atoms with Gasteiger partial charge >= 0.3 is 5.97 Å². The first-order valence-corrected chi connectivity index (χ1v) is 9.79. The number of hydrogen-bond acceptors (Lipinski definition) is 4. The third-order valence-electron chi connectivity index (χ3n) is 5.07. The van der Waals surface area contributed by atoms with Crippen LogP contribution in [0.3, 0.4) is 0 Å². The molecule has 4 aromatic rings. The molecule has 3 aromatic carbocycles. The number of carboxylic acids is 1. The second kappa shape index (κ2) is 8.97. The first-order chi connectivity index (χ1) is 15.2. The Bertz CT molecular complexity index is 1230. The van der Waals surface area contributed by atoms with Crippen LogP contribution in [0.1, 0.15) is 27.7 Å². The molecule has 6 nitrogen and oxygen atoms in total. The van der Waals surface area contributed by atoms with Gasteiger partial charge in [-0.2, -0.15) is 5.26 Å². The second-order valence-electron chi connectivity index (χ2n) is 7.02. The van der Waals surface area contributed by atoms with Gasteiger partial charge in [0.2, 0.25) is 0 Å². The van der Waals surface area contributed by atoms with E-state index in [0.717, 1.165) is 22.5 Å². The molecule has 4 rings (SSSR count). The Kier molecular flexibility index (Phi) is 5.77. The SMILES string of the molecule is N#CC(c1ccccc1)n1cncc1CNc1ccc(C(=O)O)c(-c2ccccc2)c1. The van der Waals surface area contributed by atoms with Gasteiger partial charge in [-0.3, -0.25) is 0 Å². The number of anilines is 1. The topological polar surface area (TPSA) is 90.9 Å². The molecule has 2 N–H and O–H groups in total. The highest BCUT2D eigenvalue weighted by Gasteiger charge is 2.16. The number of aromatic nitrogens is 2. The quantitative estimate of drug-likeness (QED) is 0.450. The number of nitrogens with zero attached hydrogens (tertiary/aromatic N) is 3. The number of carboxylic acid groups (broad SMARTS) is 1. The number of rotatable bonds is 7. The van der Waals surface area contributed by atoms with E-state index in [1.807, 2.05) is 71.3 Å². The summed E-state index contributed by atoms with van der Waals surface area (Å²) in [6.45, 7) is 0.436. The first kappa shape index (κ1) is 19.9. The normalized spacial score (nSPS) is 11.5. The average molecular weight is 408 g/mol. The van der Waals surface area contributed by atoms with Crippen molar-refractivity contribution in [2.75, 3.05) is 5.32 Å². The van der Waals surface area contributed by atoms with Crippen LogP contribution in [0.2, 0.25) is 0 Å². The third kappa shape index (κ3) is 4.31. The molecule has 0 saturated heterocycles. The van der Waals surface area contributed by atoms with Gasteiger partial charge in [-0.05, 0) is 34.9 Å². The maximum Gasteiger partial charge on any atom is 0.336 e. The molecule has 0 radical (unpaired) electrons. The van der Waals surface area contributed by atoms with Crippen LogP contribution >= 0.6 is 0 Å². The van der Waals surface area contributed by atoms with E-state index in [2.05, 4.69) is 16.4 Å². The highest BCUT2D eigenvalue weighted by atomic mass is 16.4. The molecule has 1 atom stereocenters. The van der Waals surface area contributed by atoms with Crippen LogP contribution in [-0.2, 0) is 6.54 Å². The van der Waals surface area contributed by atoms with Crippen LogP contribution in [0.4, 0.5) is 5.69 Å². The largest absolute Gasteiger partial charge is 0.478 e. The van der Waals surface area contributed by atoms with E-state index < -0.39 is 12.0 Å². The monoisotopic (exact) mass is 408 g/mol. The standard InChI is InChI=1S/C25H20N4O2/c26-14-24(19-9-5-2-6-10-19)29-17-27-15-21(29)16-28-20-11-12-22(25(30)31)23(13-20)18-7-3-1-4-8-18/h1-13,15,17,24,28H,16H2,(H,30,31). The fourth-order valence-electron chi connectivity index (χ4n) is 3.52. The molecule has 152 valence electrons. The van der Waals surface area contributed by atoms with Crippen molar-refractivity contribution in [3.63, 3.8) is 0 Å². The summed E-state index contributed by atoms with van der Waals surface area (Å²) in [6.07, 6.45) is 3.38. The minimum absolute atomic E-state index is 0.246. The Morgan fingerprint density at radius 2 is 1.77 bits per heavy atom. The van der Waals surface area contributed by atoms with Gasteiger partial charge < -0.3 is 15.0 Å². The lowest BCUT2D eigenvalue weighted by molar-refractivity contribution is 0.0697. The molecule has 1 aromatic heterocycles. The fourth-order valence-corrected chi connectivity index (χ4v) is 3.52. The number of imidazole rings is 1. The van der Waals surface area contributed by atoms with Gasteiger partial charge in [-0.15, -0.1) is 0 Å². The van der Waals surface area contributed by atoms with Crippen LogP contribution in [0.25, 0.3) is 11.1 Å². The number of nitrogens with one attached hydrogen (secondary N) is 1. The maximum absolute atomic E-state index is 11.7. The molecule has 0 aliphatic carbocycles. The molecule has 0 saturated carbocycles. The van der Waals surface area contributed by atoms with E-state index in [1.165, 1.54) is 0 Å². The summed E-state index contributed by atoms with van der Waals surface area (Å²) in [5.41, 5.74) is 4.24. The Morgan fingerprint density at radius 1 is 1.06 bits per heavy atom. The minimum atomic E-state index is -0.969. The Hall–Kier alpha value is -4.37. The number of aromatic carboxylic acids is 1. The molecular weight excluding hydrogens is 388 g/mol. The summed E-state index contributed by atoms with van der Waals surface area (Å²) in [5.74, 6) is -0.969. The van der Waals surface area contributed by atoms with Gasteiger partial charge in [0, 0.05) is 11.9 Å². The van der Waals surface area contributed by atoms with Crippen molar-refractivity contribution in [1.29, 1.82) is 5.26 Å². The number of benzene rings is 3. The average Bonchev–Trinajstić information content (AvgIpc) is 3.27. The van der Waals surface area contributed by atoms with E-state index in [1.54, 1.807) is 24.7 Å². The molecule has 0 aliphatic heterocycles. The lowest BCUT2D eigenvalue weighted by Crippen LogP contribution is -2.13. The molecule has 6 heteroatoms. The van der Waals surface area contributed by atoms with Gasteiger partial charge in [0.15, 0.2) is 0 Å². The Morgan fingerprint density at radius 3 is 2.45 bits per heavy atom. The van der Waals surface area contributed by atoms with Crippen LogP contribution in [0.15, 0.2) is 91.4 Å². The van der Waals surface area contributed by atoms with Gasteiger partial charge in [0.1, 0.15) is 6.04 Å². The Labute approximate surface area is 180 Å². The van der Waals surface area contributed by atoms with Gasteiger partial charge in [0.25, 0.3) is 0 Å². The molecule has 0 fully saturated rings. The van der Waals surface area contributed by atoms with Crippen molar-refractivity contribution in [3.05, 3.63) is 108 Å². The van der Waals surface area contributed by atoms with E-state index in [9.17, 15) is 15.2 Å². The van der Waals surface area contributed by atoms with Gasteiger partial charge in [0.05, 0.1) is 30.2 Å². The zero-order chi connectivity index (χ0) is 21.6. The van der Waals surface area contributed by atoms with Crippen molar-refractivity contribution in [2.45, 2.75) is 12.6 Å². The van der Waals surface area contributed by atoms with Crippen LogP contribution in [-0.4, -0.2) is 20.6 Å². The summed E-state index contributed by atoms with van der Waals surface area (Å²) in [4.78, 5) is 15.9. The highest BCUT2D eigenvalue weighted by Crippen LogP contribution is 2.28. The van der Waals surface area contributed by atoms with Crippen LogP contribution < -0.4 is 5.32 Å². The molecular formula is C25H20N4O2. The van der Waals surface area contributed by atoms with Crippen molar-refractivity contribution in [1.82, 2.24) is 9.55 Å². The van der Waals surface area contributed by atoms with Crippen molar-refractivity contribution < 1.29 is 9.90 Å². The fraction of sp³-hybridized carbons (Fsp3) is 0.0800. The second-order valence-corrected chi connectivity index (χ2v) is 7.02. The molecule has 31 heavy (non-hydrogen) atoms. The molecule has 1 heterocycles. The van der Waals surface area contributed by atoms with Crippen molar-refractivity contribution in [3.8, 4) is 17.2 Å². The molecule has 0 aliphatic rings. The zero-order valence-corrected chi connectivity index (χ0v) is 16.6. The maximum atomic E-state index is 11.7. The van der Waals surface area contributed by atoms with Crippen LogP contribution in [0, 0.1) is 11.3 Å². The summed E-state index contributed by atoms with van der Waals surface area (Å²) >= 11 is 0. The third-order valence-corrected chi connectivity index (χ3v) is 5.07. The Balaban J connectivity index is 1.59. The number of nitriles is 1. The van der Waals surface area contributed by atoms with Crippen molar-refractivity contribution in [2.24, 2.45) is 0 Å². The lowest BCUT2D eigenvalue weighted by Gasteiger charge is -2.16. The van der Waals surface area contributed by atoms with Gasteiger partial charge in [-0.25, -0.2) is 9.78 Å². The van der Waals surface area contributed by atoms with Crippen LogP contribution in [0.5, 0.6) is 0 Å². The zero-order valence-electron chi connectivity index (χ0n) is 16.6. The summed E-state index contributed by atoms with van der Waals surface area (Å²) in [6, 6.07) is 26.0. The van der Waals surface area contributed by atoms with E-state index >= 15 is 0 Å². The van der Waals surface area contributed by atoms with E-state index in [-0.39, 0.29) is 5.56 Å². The molecule has 0 spiro atoms. The minimum Gasteiger partial charge on any atom is -0.478 e. The number of hydrogen-bond donors (Lipinski definition) is 2. The predicted octanol–water partition coefficient (Wildman–Crippen LogP) is 4.97. The lowest BCUT2D eigenvalue weighted by atomic mass is 9.99. The highest BCUT2D eigenvalue weighted by molar-refractivity contribution is 5.97. The summed E-state index contributed by atoms with van der Waals surface area (Å²) in [7, 11) is 0. The predicted molar refractivity (Wildman–Crippen MR) is 119 cm³/mol. The summed E-state index contributed by atoms with van der Waals surface area (Å²) in [5, 5.41) is 22.6. The summed E-state index contributed by atoms with van der Waals surface area (Å²) < 4.78 is 1.84. The molecule has 0 amide bonds. The van der Waals surface area contributed by atoms with E-state index in [4.69, 9.17) is 0 Å². The smallest absolute Gasteiger partial charge is 0.336 e. The van der Waals surface area contributed by atoms with Crippen molar-refractivity contribution >= 4 is 11.7 Å². The van der Waals surface area contributed by atoms with Gasteiger partial charge in [-0.1, -0.05) is 60.7 Å². The molecule has 0 bridgehead atoms. The first-order valence-electron chi connectivity index (χ1n) is 9.79. The molecule has 1 unspecified atom stereocenters. The van der Waals surface area contributed by atoms with E-state index in [0.29, 0.717) is 12.1 Å².